The molecule has 1 saturated heterocycles. The van der Waals surface area contributed by atoms with Crippen molar-refractivity contribution in [3.8, 4) is 5.75 Å². The van der Waals surface area contributed by atoms with Gasteiger partial charge in [-0.15, -0.1) is 37.1 Å². The number of nitrogens with zero attached hydrogens (tertiary/aromatic N) is 1. The minimum Gasteiger partial charge on any atom is -0.406 e. The second-order valence-electron chi connectivity index (χ2n) is 5.60. The topological polar surface area (TPSA) is 68.9 Å². The Bertz CT molecular complexity index is 532. The fourth-order valence-corrected chi connectivity index (χ4v) is 2.43. The second kappa shape index (κ2) is 10.7. The third-order valence-corrected chi connectivity index (χ3v) is 3.64. The van der Waals surface area contributed by atoms with Crippen molar-refractivity contribution in [2.24, 2.45) is 10.7 Å². The van der Waals surface area contributed by atoms with Gasteiger partial charge in [0.1, 0.15) is 5.75 Å². The van der Waals surface area contributed by atoms with Crippen LogP contribution in [0.25, 0.3) is 0 Å². The highest BCUT2D eigenvalue weighted by Gasteiger charge is 2.30. The molecular formula is C16H23F3IN3O2. The Balaban J connectivity index is 0.00000312. The fourth-order valence-electron chi connectivity index (χ4n) is 2.43. The van der Waals surface area contributed by atoms with Crippen LogP contribution in [0.5, 0.6) is 5.75 Å². The number of nitrogens with one attached hydrogen (secondary N) is 1. The third kappa shape index (κ3) is 9.15. The molecule has 142 valence electrons. The zero-order chi connectivity index (χ0) is 17.4. The molecule has 0 amide bonds. The molecule has 0 bridgehead atoms. The van der Waals surface area contributed by atoms with E-state index in [0.717, 1.165) is 31.4 Å². The number of guanidine groups is 1. The Labute approximate surface area is 162 Å². The molecule has 0 aliphatic carbocycles. The van der Waals surface area contributed by atoms with Gasteiger partial charge in [-0.1, -0.05) is 12.1 Å². The lowest BCUT2D eigenvalue weighted by Crippen LogP contribution is -2.34. The number of hydrogen-bond donors (Lipinski definition) is 2. The molecule has 2 rings (SSSR count). The number of nitrogens with two attached hydrogens (primary N) is 1. The molecule has 1 unspecified atom stereocenters. The first-order valence-corrected chi connectivity index (χ1v) is 7.92. The highest BCUT2D eigenvalue weighted by molar-refractivity contribution is 14.0. The van der Waals surface area contributed by atoms with Gasteiger partial charge >= 0.3 is 6.36 Å². The van der Waals surface area contributed by atoms with Crippen molar-refractivity contribution in [2.75, 3.05) is 13.2 Å². The summed E-state index contributed by atoms with van der Waals surface area (Å²) in [7, 11) is 0. The molecule has 0 radical (unpaired) electrons. The summed E-state index contributed by atoms with van der Waals surface area (Å²) in [5.41, 5.74) is 6.52. The highest BCUT2D eigenvalue weighted by atomic mass is 127. The highest BCUT2D eigenvalue weighted by Crippen LogP contribution is 2.22. The first-order chi connectivity index (χ1) is 11.4. The summed E-state index contributed by atoms with van der Waals surface area (Å²) in [6.45, 7) is 1.78. The molecule has 3 N–H and O–H groups in total. The zero-order valence-electron chi connectivity index (χ0n) is 13.7. The van der Waals surface area contributed by atoms with Crippen molar-refractivity contribution in [1.29, 1.82) is 0 Å². The van der Waals surface area contributed by atoms with Crippen LogP contribution in [0.15, 0.2) is 29.3 Å². The number of alkyl halides is 3. The summed E-state index contributed by atoms with van der Waals surface area (Å²) in [4.78, 5) is 4.16. The summed E-state index contributed by atoms with van der Waals surface area (Å²) in [5.74, 6) is 0.0511. The lowest BCUT2D eigenvalue weighted by Gasteiger charge is -2.22. The monoisotopic (exact) mass is 473 g/mol. The Morgan fingerprint density at radius 3 is 2.60 bits per heavy atom. The largest absolute Gasteiger partial charge is 0.573 e. The first-order valence-electron chi connectivity index (χ1n) is 7.92. The van der Waals surface area contributed by atoms with Crippen molar-refractivity contribution in [3.05, 3.63) is 29.8 Å². The van der Waals surface area contributed by atoms with Gasteiger partial charge in [0.05, 0.1) is 12.6 Å². The maximum Gasteiger partial charge on any atom is 0.573 e. The van der Waals surface area contributed by atoms with Crippen LogP contribution in [0, 0.1) is 0 Å². The quantitative estimate of drug-likeness (QED) is 0.377. The maximum absolute atomic E-state index is 12.1. The van der Waals surface area contributed by atoms with Gasteiger partial charge in [0.2, 0.25) is 0 Å². The van der Waals surface area contributed by atoms with E-state index in [0.29, 0.717) is 12.5 Å². The minimum absolute atomic E-state index is 0. The molecule has 5 nitrogen and oxygen atoms in total. The first kappa shape index (κ1) is 21.8. The normalized spacial score (nSPS) is 18.4. The van der Waals surface area contributed by atoms with E-state index < -0.39 is 6.36 Å². The molecule has 1 atom stereocenters. The van der Waals surface area contributed by atoms with Gasteiger partial charge in [-0.2, -0.15) is 0 Å². The lowest BCUT2D eigenvalue weighted by atomic mass is 10.1. The fraction of sp³-hybridized carbons (Fsp3) is 0.562. The average Bonchev–Trinajstić information content (AvgIpc) is 2.54. The van der Waals surface area contributed by atoms with Gasteiger partial charge in [0.25, 0.3) is 0 Å². The van der Waals surface area contributed by atoms with E-state index in [2.05, 4.69) is 15.0 Å². The van der Waals surface area contributed by atoms with Gasteiger partial charge < -0.3 is 20.5 Å². The Hall–Kier alpha value is -1.23. The number of hydrogen-bond acceptors (Lipinski definition) is 3. The molecule has 0 spiro atoms. The molecular weight excluding hydrogens is 450 g/mol. The smallest absolute Gasteiger partial charge is 0.406 e. The van der Waals surface area contributed by atoms with Crippen molar-refractivity contribution < 1.29 is 22.6 Å². The van der Waals surface area contributed by atoms with Gasteiger partial charge in [0.15, 0.2) is 5.96 Å². The predicted molar refractivity (Wildman–Crippen MR) is 100 cm³/mol. The van der Waals surface area contributed by atoms with E-state index in [1.807, 2.05) is 0 Å². The number of halogens is 4. The third-order valence-electron chi connectivity index (χ3n) is 3.64. The second-order valence-corrected chi connectivity index (χ2v) is 5.60. The van der Waals surface area contributed by atoms with Crippen LogP contribution < -0.4 is 15.8 Å². The number of rotatable bonds is 6. The number of benzene rings is 1. The van der Waals surface area contributed by atoms with E-state index >= 15 is 0 Å². The van der Waals surface area contributed by atoms with Crippen molar-refractivity contribution in [3.63, 3.8) is 0 Å². The van der Waals surface area contributed by atoms with Crippen LogP contribution in [-0.2, 0) is 11.3 Å². The van der Waals surface area contributed by atoms with Crippen LogP contribution in [0.3, 0.4) is 0 Å². The van der Waals surface area contributed by atoms with Crippen molar-refractivity contribution >= 4 is 29.9 Å². The van der Waals surface area contributed by atoms with Crippen LogP contribution in [0.4, 0.5) is 13.2 Å². The summed E-state index contributed by atoms with van der Waals surface area (Å²) >= 11 is 0. The van der Waals surface area contributed by atoms with Crippen LogP contribution in [0.1, 0.15) is 31.2 Å². The van der Waals surface area contributed by atoms with Gasteiger partial charge in [-0.05, 0) is 43.4 Å². The standard InChI is InChI=1S/C16H22F3N3O2.HI/c17-16(18,19)24-14-6-4-12(5-7-14)11-22-15(20)21-9-8-13-3-1-2-10-23-13;/h4-7,13H,1-3,8-11H2,(H3,20,21,22);1H. The van der Waals surface area contributed by atoms with E-state index in [4.69, 9.17) is 10.5 Å². The molecule has 0 aromatic heterocycles. The molecule has 0 saturated carbocycles. The van der Waals surface area contributed by atoms with Crippen LogP contribution >= 0.6 is 24.0 Å². The summed E-state index contributed by atoms with van der Waals surface area (Å²) in [6.07, 6.45) is -0.135. The summed E-state index contributed by atoms with van der Waals surface area (Å²) in [5, 5.41) is 3.02. The SMILES string of the molecule is I.NC(=NCc1ccc(OC(F)(F)F)cc1)NCCC1CCCCO1. The number of aliphatic imine (C=N–C) groups is 1. The molecule has 1 aromatic carbocycles. The van der Waals surface area contributed by atoms with Gasteiger partial charge in [-0.3, -0.25) is 0 Å². The average molecular weight is 473 g/mol. The molecule has 25 heavy (non-hydrogen) atoms. The van der Waals surface area contributed by atoms with Crippen molar-refractivity contribution in [2.45, 2.75) is 44.7 Å². The van der Waals surface area contributed by atoms with E-state index in [9.17, 15) is 13.2 Å². The van der Waals surface area contributed by atoms with Crippen molar-refractivity contribution in [1.82, 2.24) is 5.32 Å². The number of ether oxygens (including phenoxy) is 2. The van der Waals surface area contributed by atoms with Crippen LogP contribution in [-0.4, -0.2) is 31.6 Å². The Morgan fingerprint density at radius 2 is 2.00 bits per heavy atom. The minimum atomic E-state index is -4.68. The summed E-state index contributed by atoms with van der Waals surface area (Å²) < 4.78 is 45.6. The zero-order valence-corrected chi connectivity index (χ0v) is 16.1. The maximum atomic E-state index is 12.1. The van der Waals surface area contributed by atoms with Crippen LogP contribution in [0.2, 0.25) is 0 Å². The molecule has 1 fully saturated rings. The van der Waals surface area contributed by atoms with E-state index in [1.165, 1.54) is 30.7 Å². The predicted octanol–water partition coefficient (Wildman–Crippen LogP) is 3.57. The molecule has 1 aliphatic rings. The molecule has 9 heteroatoms. The van der Waals surface area contributed by atoms with E-state index in [-0.39, 0.29) is 42.4 Å². The lowest BCUT2D eigenvalue weighted by molar-refractivity contribution is -0.274. The molecule has 1 heterocycles. The Kier molecular flexibility index (Phi) is 9.33. The molecule has 1 aromatic rings. The van der Waals surface area contributed by atoms with E-state index in [1.54, 1.807) is 0 Å². The Morgan fingerprint density at radius 1 is 1.28 bits per heavy atom. The van der Waals surface area contributed by atoms with Gasteiger partial charge in [-0.25, -0.2) is 4.99 Å². The summed E-state index contributed by atoms with van der Waals surface area (Å²) in [6, 6.07) is 5.55. The van der Waals surface area contributed by atoms with Gasteiger partial charge in [0, 0.05) is 13.2 Å². The molecule has 1 aliphatic heterocycles.